The Morgan fingerprint density at radius 3 is 2.29 bits per heavy atom. The van der Waals surface area contributed by atoms with Crippen LogP contribution < -0.4 is 0 Å². The van der Waals surface area contributed by atoms with Gasteiger partial charge in [-0.3, -0.25) is 0 Å². The van der Waals surface area contributed by atoms with E-state index in [1.807, 2.05) is 26.0 Å². The molecule has 0 radical (unpaired) electrons. The predicted octanol–water partition coefficient (Wildman–Crippen LogP) is 3.76. The normalized spacial score (nSPS) is 11.9. The van der Waals surface area contributed by atoms with Crippen LogP contribution in [0.4, 0.5) is 0 Å². The van der Waals surface area contributed by atoms with Gasteiger partial charge in [0, 0.05) is 6.08 Å². The van der Waals surface area contributed by atoms with E-state index in [4.69, 9.17) is 5.11 Å². The van der Waals surface area contributed by atoms with Crippen LogP contribution in [0.1, 0.15) is 38.3 Å². The molecular formula is C15H20O2. The van der Waals surface area contributed by atoms with Gasteiger partial charge in [-0.25, -0.2) is 4.79 Å². The average molecular weight is 232 g/mol. The molecule has 0 aromatic heterocycles. The molecule has 17 heavy (non-hydrogen) atoms. The second-order valence-electron chi connectivity index (χ2n) is 4.54. The maximum absolute atomic E-state index is 10.8. The summed E-state index contributed by atoms with van der Waals surface area (Å²) in [7, 11) is 0. The summed E-state index contributed by atoms with van der Waals surface area (Å²) in [6.45, 7) is 6.17. The van der Waals surface area contributed by atoms with Crippen LogP contribution in [-0.2, 0) is 11.2 Å². The van der Waals surface area contributed by atoms with Gasteiger partial charge in [0.15, 0.2) is 0 Å². The lowest BCUT2D eigenvalue weighted by molar-refractivity contribution is -0.131. The first-order valence-corrected chi connectivity index (χ1v) is 6.08. The maximum atomic E-state index is 10.8. The van der Waals surface area contributed by atoms with Crippen LogP contribution in [0.3, 0.4) is 0 Å². The molecule has 0 aliphatic carbocycles. The van der Waals surface area contributed by atoms with Crippen LogP contribution in [0, 0.1) is 5.92 Å². The highest BCUT2D eigenvalue weighted by Crippen LogP contribution is 2.23. The van der Waals surface area contributed by atoms with E-state index in [1.54, 1.807) is 0 Å². The quantitative estimate of drug-likeness (QED) is 0.785. The van der Waals surface area contributed by atoms with Crippen molar-refractivity contribution < 1.29 is 9.90 Å². The Morgan fingerprint density at radius 2 is 1.88 bits per heavy atom. The molecule has 0 aliphatic rings. The molecule has 1 aromatic rings. The molecule has 0 aliphatic heterocycles. The number of benzene rings is 1. The number of carbonyl (C=O) groups is 1. The molecule has 0 spiro atoms. The molecule has 0 atom stereocenters. The second kappa shape index (κ2) is 6.24. The van der Waals surface area contributed by atoms with Crippen LogP contribution >= 0.6 is 0 Å². The number of aryl methyl sites for hydroxylation is 1. The maximum Gasteiger partial charge on any atom is 0.328 e. The summed E-state index contributed by atoms with van der Waals surface area (Å²) in [6.07, 6.45) is 3.50. The van der Waals surface area contributed by atoms with Crippen molar-refractivity contribution in [1.29, 1.82) is 0 Å². The van der Waals surface area contributed by atoms with Gasteiger partial charge in [-0.2, -0.15) is 0 Å². The Kier molecular flexibility index (Phi) is 4.95. The number of allylic oxidation sites excluding steroid dienone is 1. The molecule has 0 saturated carbocycles. The fourth-order valence-corrected chi connectivity index (χ4v) is 1.87. The lowest BCUT2D eigenvalue weighted by Gasteiger charge is -2.11. The summed E-state index contributed by atoms with van der Waals surface area (Å²) in [5.74, 6) is -0.672. The topological polar surface area (TPSA) is 37.3 Å². The summed E-state index contributed by atoms with van der Waals surface area (Å²) in [5, 5.41) is 8.86. The van der Waals surface area contributed by atoms with Crippen molar-refractivity contribution in [3.8, 4) is 0 Å². The van der Waals surface area contributed by atoms with Gasteiger partial charge in [-0.05, 0) is 29.0 Å². The fourth-order valence-electron chi connectivity index (χ4n) is 1.87. The van der Waals surface area contributed by atoms with Crippen LogP contribution in [0.25, 0.3) is 5.57 Å². The Hall–Kier alpha value is -1.57. The molecule has 2 heteroatoms. The predicted molar refractivity (Wildman–Crippen MR) is 70.9 cm³/mol. The van der Waals surface area contributed by atoms with Crippen LogP contribution in [-0.4, -0.2) is 11.1 Å². The van der Waals surface area contributed by atoms with E-state index in [0.29, 0.717) is 0 Å². The molecule has 1 rings (SSSR count). The lowest BCUT2D eigenvalue weighted by Crippen LogP contribution is -1.99. The second-order valence-corrected chi connectivity index (χ2v) is 4.54. The molecule has 0 saturated heterocycles. The number of carboxylic acid groups (broad SMARTS) is 1. The van der Waals surface area contributed by atoms with Crippen molar-refractivity contribution in [2.24, 2.45) is 5.92 Å². The first-order chi connectivity index (χ1) is 8.04. The van der Waals surface area contributed by atoms with E-state index in [1.165, 1.54) is 11.6 Å². The zero-order valence-electron chi connectivity index (χ0n) is 10.7. The lowest BCUT2D eigenvalue weighted by atomic mass is 9.94. The van der Waals surface area contributed by atoms with Crippen molar-refractivity contribution in [2.75, 3.05) is 0 Å². The van der Waals surface area contributed by atoms with E-state index >= 15 is 0 Å². The first-order valence-electron chi connectivity index (χ1n) is 6.08. The van der Waals surface area contributed by atoms with Gasteiger partial charge in [-0.1, -0.05) is 51.5 Å². The van der Waals surface area contributed by atoms with Crippen LogP contribution in [0.15, 0.2) is 30.3 Å². The Balaban J connectivity index is 3.00. The van der Waals surface area contributed by atoms with Crippen molar-refractivity contribution in [2.45, 2.75) is 33.6 Å². The van der Waals surface area contributed by atoms with Gasteiger partial charge in [0.2, 0.25) is 0 Å². The first kappa shape index (κ1) is 13.5. The smallest absolute Gasteiger partial charge is 0.328 e. The van der Waals surface area contributed by atoms with Crippen LogP contribution in [0.5, 0.6) is 0 Å². The van der Waals surface area contributed by atoms with Gasteiger partial charge in [0.05, 0.1) is 0 Å². The Labute approximate surface area is 103 Å². The Morgan fingerprint density at radius 1 is 1.29 bits per heavy atom. The number of hydrogen-bond acceptors (Lipinski definition) is 1. The number of carboxylic acids is 1. The van der Waals surface area contributed by atoms with Crippen molar-refractivity contribution in [1.82, 2.24) is 0 Å². The zero-order chi connectivity index (χ0) is 12.8. The SMILES string of the molecule is CCCc1ccc(/C(=C/C(=O)O)C(C)C)cc1. The number of hydrogen-bond donors (Lipinski definition) is 1. The summed E-state index contributed by atoms with van der Waals surface area (Å²) >= 11 is 0. The average Bonchev–Trinajstić information content (AvgIpc) is 2.27. The third-order valence-electron chi connectivity index (χ3n) is 2.73. The summed E-state index contributed by atoms with van der Waals surface area (Å²) in [5.41, 5.74) is 3.18. The third-order valence-corrected chi connectivity index (χ3v) is 2.73. The van der Waals surface area contributed by atoms with Gasteiger partial charge in [-0.15, -0.1) is 0 Å². The van der Waals surface area contributed by atoms with E-state index in [2.05, 4.69) is 19.1 Å². The highest BCUT2D eigenvalue weighted by molar-refractivity contribution is 5.90. The number of aliphatic carboxylic acids is 1. The van der Waals surface area contributed by atoms with E-state index in [-0.39, 0.29) is 5.92 Å². The van der Waals surface area contributed by atoms with Crippen molar-refractivity contribution in [3.05, 3.63) is 41.5 Å². The Bertz CT molecular complexity index is 399. The molecule has 0 bridgehead atoms. The minimum Gasteiger partial charge on any atom is -0.478 e. The van der Waals surface area contributed by atoms with Crippen molar-refractivity contribution >= 4 is 11.5 Å². The molecule has 0 fully saturated rings. The molecule has 0 heterocycles. The third kappa shape index (κ3) is 4.06. The standard InChI is InChI=1S/C15H20O2/c1-4-5-12-6-8-13(9-7-12)14(11(2)3)10-15(16)17/h6-11H,4-5H2,1-3H3,(H,16,17)/b14-10+. The minimum atomic E-state index is -0.883. The van der Waals surface area contributed by atoms with Gasteiger partial charge in [0.1, 0.15) is 0 Å². The zero-order valence-corrected chi connectivity index (χ0v) is 10.7. The van der Waals surface area contributed by atoms with E-state index < -0.39 is 5.97 Å². The van der Waals surface area contributed by atoms with Crippen LogP contribution in [0.2, 0.25) is 0 Å². The highest BCUT2D eigenvalue weighted by atomic mass is 16.4. The van der Waals surface area contributed by atoms with Gasteiger partial charge in [0.25, 0.3) is 0 Å². The molecule has 1 N–H and O–H groups in total. The largest absolute Gasteiger partial charge is 0.478 e. The monoisotopic (exact) mass is 232 g/mol. The molecule has 92 valence electrons. The van der Waals surface area contributed by atoms with Gasteiger partial charge < -0.3 is 5.11 Å². The number of rotatable bonds is 5. The fraction of sp³-hybridized carbons (Fsp3) is 0.400. The van der Waals surface area contributed by atoms with E-state index in [9.17, 15) is 4.79 Å². The minimum absolute atomic E-state index is 0.211. The molecule has 1 aromatic carbocycles. The van der Waals surface area contributed by atoms with Gasteiger partial charge >= 0.3 is 5.97 Å². The molecule has 2 nitrogen and oxygen atoms in total. The molecular weight excluding hydrogens is 212 g/mol. The molecule has 0 amide bonds. The van der Waals surface area contributed by atoms with Crippen molar-refractivity contribution in [3.63, 3.8) is 0 Å². The summed E-state index contributed by atoms with van der Waals surface area (Å²) in [6, 6.07) is 8.19. The summed E-state index contributed by atoms with van der Waals surface area (Å²) < 4.78 is 0. The summed E-state index contributed by atoms with van der Waals surface area (Å²) in [4.78, 5) is 10.8. The highest BCUT2D eigenvalue weighted by Gasteiger charge is 2.08. The van der Waals surface area contributed by atoms with E-state index in [0.717, 1.165) is 24.0 Å². The molecule has 0 unspecified atom stereocenters.